The van der Waals surface area contributed by atoms with Gasteiger partial charge in [-0.3, -0.25) is 0 Å². The van der Waals surface area contributed by atoms with Gasteiger partial charge in [0.2, 0.25) is 0 Å². The van der Waals surface area contributed by atoms with E-state index in [4.69, 9.17) is 0 Å². The van der Waals surface area contributed by atoms with Gasteiger partial charge in [-0.05, 0) is 38.4 Å². The Morgan fingerprint density at radius 3 is 2.74 bits per heavy atom. The van der Waals surface area contributed by atoms with Crippen molar-refractivity contribution >= 4 is 15.5 Å². The number of nitrogens with one attached hydrogen (secondary N) is 1. The highest BCUT2D eigenvalue weighted by molar-refractivity contribution is 7.90. The summed E-state index contributed by atoms with van der Waals surface area (Å²) in [6.45, 7) is 1.82. The number of hydrogen-bond acceptors (Lipinski definition) is 4. The number of nitrogens with zero attached hydrogens (tertiary/aromatic N) is 1. The molecule has 1 aliphatic heterocycles. The molecule has 1 N–H and O–H groups in total. The lowest BCUT2D eigenvalue weighted by Gasteiger charge is -2.38. The molecule has 0 radical (unpaired) electrons. The van der Waals surface area contributed by atoms with E-state index >= 15 is 0 Å². The summed E-state index contributed by atoms with van der Waals surface area (Å²) in [7, 11) is -1.24. The molecule has 1 unspecified atom stereocenters. The van der Waals surface area contributed by atoms with Crippen LogP contribution in [-0.2, 0) is 9.84 Å². The minimum atomic E-state index is -3.18. The molecule has 1 atom stereocenters. The lowest BCUT2D eigenvalue weighted by atomic mass is 10.0. The maximum atomic E-state index is 11.9. The molecule has 1 heterocycles. The first-order valence-electron chi connectivity index (χ1n) is 6.74. The monoisotopic (exact) mass is 282 g/mol. The van der Waals surface area contributed by atoms with Crippen molar-refractivity contribution in [3.05, 3.63) is 24.3 Å². The van der Waals surface area contributed by atoms with E-state index in [0.29, 0.717) is 10.9 Å². The molecular formula is C14H22N2O2S. The van der Waals surface area contributed by atoms with Gasteiger partial charge in [0.05, 0.1) is 10.6 Å². The van der Waals surface area contributed by atoms with Gasteiger partial charge < -0.3 is 10.2 Å². The molecule has 2 rings (SSSR count). The first-order chi connectivity index (χ1) is 9.04. The zero-order valence-electron chi connectivity index (χ0n) is 11.6. The van der Waals surface area contributed by atoms with Crippen LogP contribution in [0.15, 0.2) is 29.2 Å². The molecule has 19 heavy (non-hydrogen) atoms. The van der Waals surface area contributed by atoms with E-state index in [2.05, 4.69) is 10.2 Å². The fourth-order valence-electron chi connectivity index (χ4n) is 2.77. The summed E-state index contributed by atoms with van der Waals surface area (Å²) in [6.07, 6.45) is 4.73. The number of sulfone groups is 1. The third kappa shape index (κ3) is 3.28. The van der Waals surface area contributed by atoms with Gasteiger partial charge in [-0.25, -0.2) is 8.42 Å². The molecule has 1 fully saturated rings. The first-order valence-corrected chi connectivity index (χ1v) is 8.63. The maximum absolute atomic E-state index is 11.9. The van der Waals surface area contributed by atoms with Crippen molar-refractivity contribution in [2.75, 3.05) is 31.3 Å². The van der Waals surface area contributed by atoms with Crippen LogP contribution in [0.4, 0.5) is 5.69 Å². The molecule has 1 saturated heterocycles. The molecule has 0 aliphatic carbocycles. The van der Waals surface area contributed by atoms with Crippen molar-refractivity contribution in [2.24, 2.45) is 0 Å². The van der Waals surface area contributed by atoms with E-state index in [0.717, 1.165) is 31.6 Å². The van der Waals surface area contributed by atoms with Crippen LogP contribution in [0.3, 0.4) is 0 Å². The molecule has 1 aromatic rings. The maximum Gasteiger partial charge on any atom is 0.177 e. The largest absolute Gasteiger partial charge is 0.366 e. The summed E-state index contributed by atoms with van der Waals surface area (Å²) in [5, 5.41) is 3.20. The van der Waals surface area contributed by atoms with Crippen molar-refractivity contribution in [3.63, 3.8) is 0 Å². The predicted octanol–water partition coefficient (Wildman–Crippen LogP) is 1.67. The average Bonchev–Trinajstić information content (AvgIpc) is 2.39. The molecule has 0 aromatic heterocycles. The molecule has 4 nitrogen and oxygen atoms in total. The van der Waals surface area contributed by atoms with Gasteiger partial charge in [-0.2, -0.15) is 0 Å². The molecule has 5 heteroatoms. The number of piperidine rings is 1. The normalized spacial score (nSPS) is 20.5. The van der Waals surface area contributed by atoms with Crippen molar-refractivity contribution in [3.8, 4) is 0 Å². The SMILES string of the molecule is CNCC1CCCCN1c1ccccc1S(C)(=O)=O. The number of para-hydroxylation sites is 1. The summed E-state index contributed by atoms with van der Waals surface area (Å²) in [5.74, 6) is 0. The fraction of sp³-hybridized carbons (Fsp3) is 0.571. The Kier molecular flexibility index (Phi) is 4.47. The van der Waals surface area contributed by atoms with Crippen LogP contribution in [0.25, 0.3) is 0 Å². The third-order valence-electron chi connectivity index (χ3n) is 3.64. The topological polar surface area (TPSA) is 49.4 Å². The van der Waals surface area contributed by atoms with E-state index in [9.17, 15) is 8.42 Å². The highest BCUT2D eigenvalue weighted by Gasteiger charge is 2.25. The van der Waals surface area contributed by atoms with Crippen molar-refractivity contribution in [1.29, 1.82) is 0 Å². The van der Waals surface area contributed by atoms with Crippen LogP contribution in [0.2, 0.25) is 0 Å². The van der Waals surface area contributed by atoms with Gasteiger partial charge in [-0.1, -0.05) is 12.1 Å². The average molecular weight is 282 g/mol. The first kappa shape index (κ1) is 14.3. The second-order valence-corrected chi connectivity index (χ2v) is 7.12. The minimum absolute atomic E-state index is 0.377. The van der Waals surface area contributed by atoms with Gasteiger partial charge >= 0.3 is 0 Å². The zero-order chi connectivity index (χ0) is 13.9. The Bertz CT molecular complexity index is 526. The minimum Gasteiger partial charge on any atom is -0.366 e. The van der Waals surface area contributed by atoms with Gasteiger partial charge in [0.1, 0.15) is 0 Å². The highest BCUT2D eigenvalue weighted by atomic mass is 32.2. The number of benzene rings is 1. The van der Waals surface area contributed by atoms with E-state index in [1.54, 1.807) is 12.1 Å². The quantitative estimate of drug-likeness (QED) is 0.912. The van der Waals surface area contributed by atoms with Gasteiger partial charge in [0.25, 0.3) is 0 Å². The standard InChI is InChI=1S/C14H22N2O2S/c1-15-11-12-7-5-6-10-16(12)13-8-3-4-9-14(13)19(2,17)18/h3-4,8-9,12,15H,5-7,10-11H2,1-2H3. The molecule has 0 bridgehead atoms. The smallest absolute Gasteiger partial charge is 0.177 e. The number of rotatable bonds is 4. The van der Waals surface area contributed by atoms with Crippen molar-refractivity contribution in [2.45, 2.75) is 30.2 Å². The van der Waals surface area contributed by atoms with E-state index in [1.165, 1.54) is 12.7 Å². The second kappa shape index (κ2) is 5.92. The summed E-state index contributed by atoms with van der Waals surface area (Å²) in [6, 6.07) is 7.70. The lowest BCUT2D eigenvalue weighted by molar-refractivity contribution is 0.444. The van der Waals surface area contributed by atoms with Gasteiger partial charge in [0, 0.05) is 25.4 Å². The number of likely N-dealkylation sites (N-methyl/N-ethyl adjacent to an activating group) is 1. The van der Waals surface area contributed by atoms with Gasteiger partial charge in [-0.15, -0.1) is 0 Å². The third-order valence-corrected chi connectivity index (χ3v) is 4.79. The van der Waals surface area contributed by atoms with Crippen molar-refractivity contribution in [1.82, 2.24) is 5.32 Å². The lowest BCUT2D eigenvalue weighted by Crippen LogP contribution is -2.45. The Labute approximate surface area is 115 Å². The van der Waals surface area contributed by atoms with Crippen LogP contribution in [0.5, 0.6) is 0 Å². The molecule has 106 valence electrons. The molecule has 0 amide bonds. The van der Waals surface area contributed by atoms with Crippen molar-refractivity contribution < 1.29 is 8.42 Å². The Balaban J connectivity index is 2.39. The van der Waals surface area contributed by atoms with Crippen LogP contribution in [-0.4, -0.2) is 40.9 Å². The van der Waals surface area contributed by atoms with Gasteiger partial charge in [0.15, 0.2) is 9.84 Å². The summed E-state index contributed by atoms with van der Waals surface area (Å²) in [4.78, 5) is 2.69. The van der Waals surface area contributed by atoms with Crippen LogP contribution >= 0.6 is 0 Å². The predicted molar refractivity (Wildman–Crippen MR) is 78.5 cm³/mol. The molecule has 1 aliphatic rings. The van der Waals surface area contributed by atoms with E-state index < -0.39 is 9.84 Å². The molecule has 0 spiro atoms. The summed E-state index contributed by atoms with van der Waals surface area (Å²) >= 11 is 0. The van der Waals surface area contributed by atoms with Crippen LogP contribution in [0.1, 0.15) is 19.3 Å². The van der Waals surface area contributed by atoms with Crippen LogP contribution in [0, 0.1) is 0 Å². The Morgan fingerprint density at radius 2 is 2.05 bits per heavy atom. The summed E-state index contributed by atoms with van der Waals surface area (Å²) in [5.41, 5.74) is 0.852. The number of anilines is 1. The highest BCUT2D eigenvalue weighted by Crippen LogP contribution is 2.30. The number of hydrogen-bond donors (Lipinski definition) is 1. The van der Waals surface area contributed by atoms with E-state index in [1.807, 2.05) is 19.2 Å². The molecule has 0 saturated carbocycles. The second-order valence-electron chi connectivity index (χ2n) is 5.14. The molecule has 1 aromatic carbocycles. The van der Waals surface area contributed by atoms with E-state index in [-0.39, 0.29) is 0 Å². The summed E-state index contributed by atoms with van der Waals surface area (Å²) < 4.78 is 23.8. The fourth-order valence-corrected chi connectivity index (χ4v) is 3.66. The zero-order valence-corrected chi connectivity index (χ0v) is 12.4. The molecular weight excluding hydrogens is 260 g/mol. The Hall–Kier alpha value is -1.07. The van der Waals surface area contributed by atoms with Crippen LogP contribution < -0.4 is 10.2 Å². The Morgan fingerprint density at radius 1 is 1.32 bits per heavy atom.